The van der Waals surface area contributed by atoms with E-state index in [-0.39, 0.29) is 24.9 Å². The van der Waals surface area contributed by atoms with Crippen LogP contribution in [0.15, 0.2) is 54.6 Å². The van der Waals surface area contributed by atoms with Gasteiger partial charge in [0, 0.05) is 19.1 Å². The van der Waals surface area contributed by atoms with E-state index in [0.717, 1.165) is 36.1 Å². The van der Waals surface area contributed by atoms with Gasteiger partial charge in [-0.3, -0.25) is 0 Å². The topological polar surface area (TPSA) is 75.7 Å². The molecule has 2 rings (SSSR count). The number of nitrogens with two attached hydrogens (primary N) is 1. The summed E-state index contributed by atoms with van der Waals surface area (Å²) in [6, 6.07) is 17.9. The number of rotatable bonds is 11. The van der Waals surface area contributed by atoms with Crippen LogP contribution in [0.5, 0.6) is 5.75 Å². The van der Waals surface area contributed by atoms with Gasteiger partial charge in [-0.25, -0.2) is 0 Å². The number of hydrogen-bond donors (Lipinski definition) is 3. The van der Waals surface area contributed by atoms with Gasteiger partial charge in [-0.05, 0) is 36.1 Å². The van der Waals surface area contributed by atoms with Crippen molar-refractivity contribution in [2.24, 2.45) is 5.73 Å². The van der Waals surface area contributed by atoms with E-state index in [1.54, 1.807) is 0 Å². The number of halogens is 1. The molecule has 0 radical (unpaired) electrons. The zero-order chi connectivity index (χ0) is 17.9. The minimum absolute atomic E-state index is 0. The maximum atomic E-state index is 10.4. The van der Waals surface area contributed by atoms with Crippen LogP contribution in [-0.4, -0.2) is 29.5 Å². The molecule has 0 fully saturated rings. The van der Waals surface area contributed by atoms with E-state index in [2.05, 4.69) is 0 Å². The van der Waals surface area contributed by atoms with Crippen molar-refractivity contribution in [1.29, 1.82) is 0 Å². The van der Waals surface area contributed by atoms with Crippen LogP contribution < -0.4 is 10.5 Å². The van der Waals surface area contributed by atoms with Crippen molar-refractivity contribution in [3.8, 4) is 5.75 Å². The maximum Gasteiger partial charge on any atom is 0.119 e. The predicted molar refractivity (Wildman–Crippen MR) is 108 cm³/mol. The zero-order valence-corrected chi connectivity index (χ0v) is 15.9. The van der Waals surface area contributed by atoms with Crippen molar-refractivity contribution >= 4 is 12.4 Å². The lowest BCUT2D eigenvalue weighted by Gasteiger charge is -2.22. The lowest BCUT2D eigenvalue weighted by Crippen LogP contribution is -2.25. The number of ether oxygens (including phenoxy) is 1. The van der Waals surface area contributed by atoms with Crippen molar-refractivity contribution < 1.29 is 14.9 Å². The minimum atomic E-state index is -0.459. The van der Waals surface area contributed by atoms with Crippen LogP contribution in [-0.2, 0) is 6.61 Å². The fraction of sp³-hybridized carbons (Fsp3) is 0.429. The number of hydrogen-bond acceptors (Lipinski definition) is 4. The predicted octanol–water partition coefficient (Wildman–Crippen LogP) is 3.64. The van der Waals surface area contributed by atoms with Gasteiger partial charge in [-0.1, -0.05) is 55.3 Å². The van der Waals surface area contributed by atoms with Crippen LogP contribution in [0.1, 0.15) is 42.7 Å². The summed E-state index contributed by atoms with van der Waals surface area (Å²) in [7, 11) is 0. The van der Waals surface area contributed by atoms with E-state index in [1.165, 1.54) is 0 Å². The van der Waals surface area contributed by atoms with Crippen LogP contribution in [0.3, 0.4) is 0 Å². The lowest BCUT2D eigenvalue weighted by atomic mass is 9.90. The van der Waals surface area contributed by atoms with E-state index in [1.807, 2.05) is 54.6 Å². The Kier molecular flexibility index (Phi) is 11.0. The third-order valence-electron chi connectivity index (χ3n) is 4.43. The highest BCUT2D eigenvalue weighted by molar-refractivity contribution is 5.85. The van der Waals surface area contributed by atoms with Gasteiger partial charge in [-0.2, -0.15) is 0 Å². The summed E-state index contributed by atoms with van der Waals surface area (Å²) in [5.74, 6) is 0.734. The molecular formula is C21H30ClNO3. The van der Waals surface area contributed by atoms with Gasteiger partial charge >= 0.3 is 0 Å². The molecule has 0 heterocycles. The average Bonchev–Trinajstić information content (AvgIpc) is 2.66. The first kappa shape index (κ1) is 22.5. The highest BCUT2D eigenvalue weighted by Gasteiger charge is 2.19. The number of unbranched alkanes of at least 4 members (excludes halogenated alkanes) is 2. The van der Waals surface area contributed by atoms with E-state index < -0.39 is 6.10 Å². The van der Waals surface area contributed by atoms with Crippen molar-refractivity contribution in [2.75, 3.05) is 13.2 Å². The van der Waals surface area contributed by atoms with Crippen molar-refractivity contribution in [1.82, 2.24) is 0 Å². The Morgan fingerprint density at radius 2 is 1.62 bits per heavy atom. The normalized spacial score (nSPS) is 12.9. The summed E-state index contributed by atoms with van der Waals surface area (Å²) >= 11 is 0. The molecule has 0 aliphatic carbocycles. The highest BCUT2D eigenvalue weighted by atomic mass is 35.5. The van der Waals surface area contributed by atoms with Crippen LogP contribution in [0.25, 0.3) is 0 Å². The van der Waals surface area contributed by atoms with E-state index >= 15 is 0 Å². The third-order valence-corrected chi connectivity index (χ3v) is 4.43. The molecule has 0 spiro atoms. The largest absolute Gasteiger partial charge is 0.489 e. The fourth-order valence-electron chi connectivity index (χ4n) is 2.91. The second kappa shape index (κ2) is 12.7. The molecule has 2 aromatic rings. The lowest BCUT2D eigenvalue weighted by molar-refractivity contribution is 0.131. The summed E-state index contributed by atoms with van der Waals surface area (Å²) in [6.45, 7) is 1.15. The summed E-state index contributed by atoms with van der Waals surface area (Å²) in [4.78, 5) is 0. The standard InChI is InChI=1S/C21H29NO3.ClH/c22-15-20(21(24)9-5-2-6-14-23)18-10-12-19(13-11-18)25-16-17-7-3-1-4-8-17;/h1,3-4,7-8,10-13,20-21,23-24H,2,5-6,9,14-16,22H2;1H. The Hall–Kier alpha value is -1.59. The monoisotopic (exact) mass is 379 g/mol. The molecule has 0 aromatic heterocycles. The quantitative estimate of drug-likeness (QED) is 0.521. The first-order chi connectivity index (χ1) is 12.2. The number of aliphatic hydroxyl groups excluding tert-OH is 2. The average molecular weight is 380 g/mol. The molecule has 5 heteroatoms. The summed E-state index contributed by atoms with van der Waals surface area (Å²) in [6.07, 6.45) is 2.86. The Morgan fingerprint density at radius 3 is 2.23 bits per heavy atom. The van der Waals surface area contributed by atoms with Crippen LogP contribution in [0, 0.1) is 0 Å². The minimum Gasteiger partial charge on any atom is -0.489 e. The SMILES string of the molecule is Cl.NCC(c1ccc(OCc2ccccc2)cc1)C(O)CCCCCO. The molecule has 0 amide bonds. The zero-order valence-electron chi connectivity index (χ0n) is 15.1. The second-order valence-electron chi connectivity index (χ2n) is 6.33. The molecule has 0 aliphatic rings. The molecule has 0 aliphatic heterocycles. The molecule has 26 heavy (non-hydrogen) atoms. The van der Waals surface area contributed by atoms with E-state index in [9.17, 15) is 5.11 Å². The van der Waals surface area contributed by atoms with Gasteiger partial charge in [-0.15, -0.1) is 12.4 Å². The first-order valence-corrected chi connectivity index (χ1v) is 9.00. The van der Waals surface area contributed by atoms with Gasteiger partial charge in [0.2, 0.25) is 0 Å². The molecule has 0 bridgehead atoms. The van der Waals surface area contributed by atoms with Gasteiger partial charge in [0.15, 0.2) is 0 Å². The molecule has 2 aromatic carbocycles. The second-order valence-corrected chi connectivity index (χ2v) is 6.33. The van der Waals surface area contributed by atoms with Gasteiger partial charge in [0.1, 0.15) is 12.4 Å². The van der Waals surface area contributed by atoms with Crippen LogP contribution in [0.4, 0.5) is 0 Å². The summed E-state index contributed by atoms with van der Waals surface area (Å²) in [5.41, 5.74) is 8.04. The van der Waals surface area contributed by atoms with Crippen molar-refractivity contribution in [3.63, 3.8) is 0 Å². The molecule has 2 atom stereocenters. The van der Waals surface area contributed by atoms with Gasteiger partial charge in [0.05, 0.1) is 6.10 Å². The van der Waals surface area contributed by atoms with Gasteiger partial charge in [0.25, 0.3) is 0 Å². The fourth-order valence-corrected chi connectivity index (χ4v) is 2.91. The molecular weight excluding hydrogens is 350 g/mol. The number of aliphatic hydroxyl groups is 2. The molecule has 0 saturated heterocycles. The van der Waals surface area contributed by atoms with E-state index in [4.69, 9.17) is 15.6 Å². The van der Waals surface area contributed by atoms with Crippen molar-refractivity contribution in [2.45, 2.75) is 44.3 Å². The Balaban J connectivity index is 0.00000338. The van der Waals surface area contributed by atoms with Crippen molar-refractivity contribution in [3.05, 3.63) is 65.7 Å². The Labute approximate surface area is 162 Å². The Morgan fingerprint density at radius 1 is 0.923 bits per heavy atom. The molecule has 144 valence electrons. The van der Waals surface area contributed by atoms with E-state index in [0.29, 0.717) is 19.6 Å². The van der Waals surface area contributed by atoms with Crippen LogP contribution in [0.2, 0.25) is 0 Å². The molecule has 4 N–H and O–H groups in total. The first-order valence-electron chi connectivity index (χ1n) is 9.00. The summed E-state index contributed by atoms with van der Waals surface area (Å²) < 4.78 is 5.80. The molecule has 0 saturated carbocycles. The molecule has 2 unspecified atom stereocenters. The van der Waals surface area contributed by atoms with Gasteiger partial charge < -0.3 is 20.7 Å². The Bertz CT molecular complexity index is 592. The maximum absolute atomic E-state index is 10.4. The summed E-state index contributed by atoms with van der Waals surface area (Å²) in [5, 5.41) is 19.2. The van der Waals surface area contributed by atoms with Crippen LogP contribution >= 0.6 is 12.4 Å². The third kappa shape index (κ3) is 7.34. The highest BCUT2D eigenvalue weighted by Crippen LogP contribution is 2.25. The smallest absolute Gasteiger partial charge is 0.119 e. The molecule has 4 nitrogen and oxygen atoms in total. The number of benzene rings is 2.